The summed E-state index contributed by atoms with van der Waals surface area (Å²) in [6, 6.07) is 0.536. The van der Waals surface area contributed by atoms with Crippen molar-refractivity contribution in [1.82, 2.24) is 15.3 Å². The second kappa shape index (κ2) is 6.25. The van der Waals surface area contributed by atoms with Crippen LogP contribution in [0.2, 0.25) is 0 Å². The third-order valence-corrected chi connectivity index (χ3v) is 3.46. The lowest BCUT2D eigenvalue weighted by Crippen LogP contribution is -2.40. The molecule has 4 heteroatoms. The maximum absolute atomic E-state index is 5.77. The Morgan fingerprint density at radius 3 is 2.89 bits per heavy atom. The van der Waals surface area contributed by atoms with Crippen LogP contribution in [0.5, 0.6) is 0 Å². The van der Waals surface area contributed by atoms with Crippen LogP contribution in [0.3, 0.4) is 0 Å². The van der Waals surface area contributed by atoms with E-state index in [9.17, 15) is 0 Å². The van der Waals surface area contributed by atoms with E-state index >= 15 is 0 Å². The summed E-state index contributed by atoms with van der Waals surface area (Å²) >= 11 is 0. The van der Waals surface area contributed by atoms with Gasteiger partial charge in [0.15, 0.2) is 0 Å². The fourth-order valence-corrected chi connectivity index (χ4v) is 2.24. The molecular formula is C14H23N3O. The number of hydrogen-bond donors (Lipinski definition) is 1. The van der Waals surface area contributed by atoms with Crippen LogP contribution in [0.15, 0.2) is 12.4 Å². The summed E-state index contributed by atoms with van der Waals surface area (Å²) in [4.78, 5) is 8.62. The zero-order chi connectivity index (χ0) is 13.0. The molecule has 100 valence electrons. The minimum Gasteiger partial charge on any atom is -0.378 e. The number of nitrogens with one attached hydrogen (secondary N) is 1. The van der Waals surface area contributed by atoms with Gasteiger partial charge in [0.2, 0.25) is 0 Å². The van der Waals surface area contributed by atoms with Crippen molar-refractivity contribution in [2.75, 3.05) is 6.61 Å². The lowest BCUT2D eigenvalue weighted by Gasteiger charge is -2.32. The van der Waals surface area contributed by atoms with E-state index in [1.54, 1.807) is 0 Å². The quantitative estimate of drug-likeness (QED) is 0.887. The Morgan fingerprint density at radius 1 is 1.39 bits per heavy atom. The fraction of sp³-hybridized carbons (Fsp3) is 0.714. The molecule has 4 nitrogen and oxygen atoms in total. The summed E-state index contributed by atoms with van der Waals surface area (Å²) in [6.07, 6.45) is 6.24. The van der Waals surface area contributed by atoms with Crippen LogP contribution in [-0.4, -0.2) is 28.7 Å². The summed E-state index contributed by atoms with van der Waals surface area (Å²) in [6.45, 7) is 8.05. The molecule has 2 rings (SSSR count). The van der Waals surface area contributed by atoms with E-state index in [1.807, 2.05) is 19.3 Å². The second-order valence-corrected chi connectivity index (χ2v) is 5.40. The molecule has 18 heavy (non-hydrogen) atoms. The normalized spacial score (nSPS) is 24.4. The van der Waals surface area contributed by atoms with E-state index in [2.05, 4.69) is 29.1 Å². The predicted molar refractivity (Wildman–Crippen MR) is 71.2 cm³/mol. The van der Waals surface area contributed by atoms with E-state index in [4.69, 9.17) is 4.74 Å². The third kappa shape index (κ3) is 3.75. The second-order valence-electron chi connectivity index (χ2n) is 5.40. The van der Waals surface area contributed by atoms with Gasteiger partial charge in [-0.25, -0.2) is 0 Å². The first-order valence-corrected chi connectivity index (χ1v) is 6.77. The number of nitrogens with zero attached hydrogens (tertiary/aromatic N) is 2. The van der Waals surface area contributed by atoms with Gasteiger partial charge in [-0.3, -0.25) is 9.97 Å². The first-order valence-electron chi connectivity index (χ1n) is 6.77. The summed E-state index contributed by atoms with van der Waals surface area (Å²) in [5.41, 5.74) is 1.97. The van der Waals surface area contributed by atoms with E-state index in [0.717, 1.165) is 37.4 Å². The van der Waals surface area contributed by atoms with Crippen LogP contribution < -0.4 is 5.32 Å². The Morgan fingerprint density at radius 2 is 2.22 bits per heavy atom. The molecular weight excluding hydrogens is 226 g/mol. The average Bonchev–Trinajstić information content (AvgIpc) is 2.38. The lowest BCUT2D eigenvalue weighted by molar-refractivity contribution is -0.0246. The van der Waals surface area contributed by atoms with E-state index in [0.29, 0.717) is 18.1 Å². The van der Waals surface area contributed by atoms with Crippen molar-refractivity contribution in [3.05, 3.63) is 23.8 Å². The summed E-state index contributed by atoms with van der Waals surface area (Å²) < 4.78 is 5.77. The van der Waals surface area contributed by atoms with E-state index in [1.165, 1.54) is 0 Å². The molecule has 0 amide bonds. The minimum absolute atomic E-state index is 0.389. The van der Waals surface area contributed by atoms with Crippen molar-refractivity contribution < 1.29 is 4.74 Å². The zero-order valence-corrected chi connectivity index (χ0v) is 11.5. The van der Waals surface area contributed by atoms with Gasteiger partial charge in [0.25, 0.3) is 0 Å². The monoisotopic (exact) mass is 249 g/mol. The summed E-state index contributed by atoms with van der Waals surface area (Å²) in [7, 11) is 0. The molecule has 0 bridgehead atoms. The summed E-state index contributed by atoms with van der Waals surface area (Å²) in [5.74, 6) is 0.591. The first-order chi connectivity index (χ1) is 8.65. The molecule has 2 unspecified atom stereocenters. The molecule has 1 N–H and O–H groups in total. The molecule has 0 spiro atoms. The largest absolute Gasteiger partial charge is 0.378 e. The van der Waals surface area contributed by atoms with Gasteiger partial charge >= 0.3 is 0 Å². The third-order valence-electron chi connectivity index (χ3n) is 3.46. The smallest absolute Gasteiger partial charge is 0.0724 e. The Labute approximate surface area is 109 Å². The molecule has 1 aromatic heterocycles. The van der Waals surface area contributed by atoms with Gasteiger partial charge in [0.1, 0.15) is 0 Å². The van der Waals surface area contributed by atoms with Crippen molar-refractivity contribution >= 4 is 0 Å². The molecule has 2 heterocycles. The maximum Gasteiger partial charge on any atom is 0.0724 e. The predicted octanol–water partition coefficient (Wildman–Crippen LogP) is 2.08. The Balaban J connectivity index is 1.81. The Bertz CT molecular complexity index is 364. The van der Waals surface area contributed by atoms with E-state index in [-0.39, 0.29) is 0 Å². The lowest BCUT2D eigenvalue weighted by atomic mass is 9.95. The maximum atomic E-state index is 5.77. The van der Waals surface area contributed by atoms with Crippen LogP contribution in [0, 0.1) is 12.8 Å². The van der Waals surface area contributed by atoms with Crippen LogP contribution in [-0.2, 0) is 11.3 Å². The van der Waals surface area contributed by atoms with Gasteiger partial charge in [-0.05, 0) is 25.7 Å². The number of rotatable bonds is 4. The first kappa shape index (κ1) is 13.4. The van der Waals surface area contributed by atoms with Crippen LogP contribution in [0.25, 0.3) is 0 Å². The molecule has 2 atom stereocenters. The van der Waals surface area contributed by atoms with Gasteiger partial charge in [0.05, 0.1) is 17.5 Å². The Kier molecular flexibility index (Phi) is 4.66. The standard InChI is InChI=1S/C14H23N3O/c1-10(2)14-6-12(4-5-18-14)17-9-13-8-15-11(3)7-16-13/h7-8,10,12,14,17H,4-6,9H2,1-3H3. The molecule has 0 aliphatic carbocycles. The SMILES string of the molecule is Cc1cnc(CNC2CCOC(C(C)C)C2)cn1. The van der Waals surface area contributed by atoms with Gasteiger partial charge < -0.3 is 10.1 Å². The molecule has 0 aromatic carbocycles. The highest BCUT2D eigenvalue weighted by Gasteiger charge is 2.24. The highest BCUT2D eigenvalue weighted by molar-refractivity contribution is 5.00. The highest BCUT2D eigenvalue weighted by atomic mass is 16.5. The number of aryl methyl sites for hydroxylation is 1. The Hall–Kier alpha value is -1.00. The van der Waals surface area contributed by atoms with Gasteiger partial charge in [0, 0.05) is 31.6 Å². The molecule has 1 aliphatic rings. The van der Waals surface area contributed by atoms with Crippen molar-refractivity contribution in [2.45, 2.75) is 52.3 Å². The number of aromatic nitrogens is 2. The molecule has 0 saturated carbocycles. The topological polar surface area (TPSA) is 47.0 Å². The van der Waals surface area contributed by atoms with Crippen LogP contribution >= 0.6 is 0 Å². The van der Waals surface area contributed by atoms with Crippen LogP contribution in [0.1, 0.15) is 38.1 Å². The zero-order valence-electron chi connectivity index (χ0n) is 11.5. The van der Waals surface area contributed by atoms with Gasteiger partial charge in [-0.2, -0.15) is 0 Å². The minimum atomic E-state index is 0.389. The van der Waals surface area contributed by atoms with Gasteiger partial charge in [-0.1, -0.05) is 13.8 Å². The van der Waals surface area contributed by atoms with Crippen molar-refractivity contribution in [3.8, 4) is 0 Å². The number of hydrogen-bond acceptors (Lipinski definition) is 4. The molecule has 1 aromatic rings. The summed E-state index contributed by atoms with van der Waals surface area (Å²) in [5, 5.41) is 3.56. The molecule has 1 aliphatic heterocycles. The van der Waals surface area contributed by atoms with Crippen molar-refractivity contribution in [3.63, 3.8) is 0 Å². The number of ether oxygens (including phenoxy) is 1. The van der Waals surface area contributed by atoms with Crippen molar-refractivity contribution in [2.24, 2.45) is 5.92 Å². The van der Waals surface area contributed by atoms with Crippen molar-refractivity contribution in [1.29, 1.82) is 0 Å². The highest BCUT2D eigenvalue weighted by Crippen LogP contribution is 2.20. The van der Waals surface area contributed by atoms with Crippen LogP contribution in [0.4, 0.5) is 0 Å². The van der Waals surface area contributed by atoms with Gasteiger partial charge in [-0.15, -0.1) is 0 Å². The average molecular weight is 249 g/mol. The molecule has 1 fully saturated rings. The fourth-order valence-electron chi connectivity index (χ4n) is 2.24. The molecule has 0 radical (unpaired) electrons. The van der Waals surface area contributed by atoms with E-state index < -0.39 is 0 Å². The molecule has 1 saturated heterocycles.